The predicted octanol–water partition coefficient (Wildman–Crippen LogP) is 4.08. The molecule has 2 aromatic carbocycles. The zero-order valence-electron chi connectivity index (χ0n) is 17.8. The molecule has 0 unspecified atom stereocenters. The first kappa shape index (κ1) is 21.6. The van der Waals surface area contributed by atoms with E-state index in [0.29, 0.717) is 29.1 Å². The van der Waals surface area contributed by atoms with Gasteiger partial charge in [-0.3, -0.25) is 14.4 Å². The second-order valence-electron chi connectivity index (χ2n) is 7.50. The second-order valence-corrected chi connectivity index (χ2v) is 7.50. The number of carbonyl (C=O) groups excluding carboxylic acids is 3. The summed E-state index contributed by atoms with van der Waals surface area (Å²) in [5.74, 6) is 0.325. The van der Waals surface area contributed by atoms with Crippen molar-refractivity contribution in [3.63, 3.8) is 0 Å². The third kappa shape index (κ3) is 4.70. The Bertz CT molecular complexity index is 948. The quantitative estimate of drug-likeness (QED) is 0.618. The molecule has 0 N–H and O–H groups in total. The van der Waals surface area contributed by atoms with E-state index in [1.807, 2.05) is 29.2 Å². The van der Waals surface area contributed by atoms with Crippen LogP contribution in [0.15, 0.2) is 42.5 Å². The summed E-state index contributed by atoms with van der Waals surface area (Å²) in [6.45, 7) is 7.31. The van der Waals surface area contributed by atoms with Crippen molar-refractivity contribution in [2.75, 3.05) is 24.6 Å². The van der Waals surface area contributed by atoms with Gasteiger partial charge in [0.2, 0.25) is 0 Å². The van der Waals surface area contributed by atoms with Crippen molar-refractivity contribution in [2.24, 2.45) is 0 Å². The molecule has 0 saturated carbocycles. The third-order valence-corrected chi connectivity index (χ3v) is 5.10. The Morgan fingerprint density at radius 3 is 2.43 bits per heavy atom. The standard InChI is InChI=1S/C24H28N2O4/c1-4-11-25(12-5-2)24(29)20-8-6-7-18(13-20)15-26-21-14-19(17(3)27)9-10-22(21)30-16-23(26)28/h6-10,13-14H,4-5,11-12,15-16H2,1-3H3. The van der Waals surface area contributed by atoms with E-state index >= 15 is 0 Å². The maximum Gasteiger partial charge on any atom is 0.265 e. The van der Waals surface area contributed by atoms with Gasteiger partial charge in [0.05, 0.1) is 12.2 Å². The highest BCUT2D eigenvalue weighted by Gasteiger charge is 2.26. The van der Waals surface area contributed by atoms with E-state index in [-0.39, 0.29) is 24.2 Å². The molecule has 3 rings (SSSR count). The van der Waals surface area contributed by atoms with Crippen LogP contribution in [0.3, 0.4) is 0 Å². The first-order valence-corrected chi connectivity index (χ1v) is 10.4. The summed E-state index contributed by atoms with van der Waals surface area (Å²) in [4.78, 5) is 40.8. The van der Waals surface area contributed by atoms with Gasteiger partial charge in [-0.05, 0) is 55.7 Å². The number of Topliss-reactive ketones (excluding diaryl/α,β-unsaturated/α-hetero) is 1. The molecule has 0 spiro atoms. The van der Waals surface area contributed by atoms with Crippen molar-refractivity contribution in [3.8, 4) is 5.75 Å². The fraction of sp³-hybridized carbons (Fsp3) is 0.375. The minimum Gasteiger partial charge on any atom is -0.482 e. The molecule has 0 fully saturated rings. The number of fused-ring (bicyclic) bond motifs is 1. The van der Waals surface area contributed by atoms with Crippen LogP contribution in [0.1, 0.15) is 59.9 Å². The summed E-state index contributed by atoms with van der Waals surface area (Å²) in [7, 11) is 0. The number of ketones is 1. The number of hydrogen-bond acceptors (Lipinski definition) is 4. The van der Waals surface area contributed by atoms with Crippen molar-refractivity contribution >= 4 is 23.3 Å². The van der Waals surface area contributed by atoms with Gasteiger partial charge in [0.1, 0.15) is 5.75 Å². The minimum absolute atomic E-state index is 0.00752. The largest absolute Gasteiger partial charge is 0.482 e. The molecule has 0 radical (unpaired) electrons. The monoisotopic (exact) mass is 408 g/mol. The average molecular weight is 408 g/mol. The van der Waals surface area contributed by atoms with Crippen LogP contribution in [0.4, 0.5) is 5.69 Å². The van der Waals surface area contributed by atoms with Gasteiger partial charge in [-0.1, -0.05) is 26.0 Å². The van der Waals surface area contributed by atoms with Gasteiger partial charge >= 0.3 is 0 Å². The SMILES string of the molecule is CCCN(CCC)C(=O)c1cccc(CN2C(=O)COc3ccc(C(C)=O)cc32)c1. The van der Waals surface area contributed by atoms with Crippen LogP contribution >= 0.6 is 0 Å². The topological polar surface area (TPSA) is 66.9 Å². The maximum atomic E-state index is 12.9. The lowest BCUT2D eigenvalue weighted by molar-refractivity contribution is -0.121. The molecule has 0 aliphatic carbocycles. The molecule has 6 nitrogen and oxygen atoms in total. The van der Waals surface area contributed by atoms with Crippen LogP contribution in [-0.4, -0.2) is 42.2 Å². The summed E-state index contributed by atoms with van der Waals surface area (Å²) in [5.41, 5.74) is 2.57. The Morgan fingerprint density at radius 1 is 1.03 bits per heavy atom. The molecule has 0 bridgehead atoms. The van der Waals surface area contributed by atoms with Gasteiger partial charge in [0.15, 0.2) is 12.4 Å². The van der Waals surface area contributed by atoms with Crippen LogP contribution in [0.2, 0.25) is 0 Å². The molecule has 0 atom stereocenters. The van der Waals surface area contributed by atoms with Crippen LogP contribution in [-0.2, 0) is 11.3 Å². The highest BCUT2D eigenvalue weighted by molar-refractivity contribution is 6.01. The first-order chi connectivity index (χ1) is 14.4. The molecule has 1 heterocycles. The molecular formula is C24H28N2O4. The molecule has 30 heavy (non-hydrogen) atoms. The molecule has 0 saturated heterocycles. The lowest BCUT2D eigenvalue weighted by Gasteiger charge is -2.30. The molecule has 0 aromatic heterocycles. The van der Waals surface area contributed by atoms with Crippen LogP contribution in [0.5, 0.6) is 5.75 Å². The molecule has 1 aliphatic heterocycles. The highest BCUT2D eigenvalue weighted by Crippen LogP contribution is 2.34. The Balaban J connectivity index is 1.88. The number of nitrogens with zero attached hydrogens (tertiary/aromatic N) is 2. The first-order valence-electron chi connectivity index (χ1n) is 10.4. The maximum absolute atomic E-state index is 12.9. The van der Waals surface area contributed by atoms with Gasteiger partial charge in [0, 0.05) is 24.2 Å². The number of benzene rings is 2. The van der Waals surface area contributed by atoms with Gasteiger partial charge in [0.25, 0.3) is 11.8 Å². The summed E-state index contributed by atoms with van der Waals surface area (Å²) in [5, 5.41) is 0. The zero-order valence-corrected chi connectivity index (χ0v) is 17.8. The lowest BCUT2D eigenvalue weighted by Crippen LogP contribution is -2.38. The van der Waals surface area contributed by atoms with Gasteiger partial charge in [-0.2, -0.15) is 0 Å². The van der Waals surface area contributed by atoms with Crippen molar-refractivity contribution in [1.29, 1.82) is 0 Å². The van der Waals surface area contributed by atoms with E-state index in [1.54, 1.807) is 23.1 Å². The fourth-order valence-electron chi connectivity index (χ4n) is 3.62. The van der Waals surface area contributed by atoms with Crippen molar-refractivity contribution in [2.45, 2.75) is 40.2 Å². The Kier molecular flexibility index (Phi) is 6.87. The van der Waals surface area contributed by atoms with Crippen molar-refractivity contribution < 1.29 is 19.1 Å². The summed E-state index contributed by atoms with van der Waals surface area (Å²) in [6, 6.07) is 12.5. The molecule has 6 heteroatoms. The van der Waals surface area contributed by atoms with Crippen LogP contribution < -0.4 is 9.64 Å². The number of carbonyl (C=O) groups is 3. The third-order valence-electron chi connectivity index (χ3n) is 5.10. The minimum atomic E-state index is -0.182. The smallest absolute Gasteiger partial charge is 0.265 e. The van der Waals surface area contributed by atoms with Gasteiger partial charge < -0.3 is 14.5 Å². The molecule has 1 aliphatic rings. The number of hydrogen-bond donors (Lipinski definition) is 0. The fourth-order valence-corrected chi connectivity index (χ4v) is 3.62. The lowest BCUT2D eigenvalue weighted by atomic mass is 10.1. The average Bonchev–Trinajstić information content (AvgIpc) is 2.75. The normalized spacial score (nSPS) is 12.9. The van der Waals surface area contributed by atoms with E-state index in [2.05, 4.69) is 13.8 Å². The molecular weight excluding hydrogens is 380 g/mol. The van der Waals surface area contributed by atoms with E-state index in [9.17, 15) is 14.4 Å². The van der Waals surface area contributed by atoms with Gasteiger partial charge in [-0.15, -0.1) is 0 Å². The van der Waals surface area contributed by atoms with Crippen LogP contribution in [0.25, 0.3) is 0 Å². The van der Waals surface area contributed by atoms with Crippen molar-refractivity contribution in [3.05, 3.63) is 59.2 Å². The predicted molar refractivity (Wildman–Crippen MR) is 116 cm³/mol. The van der Waals surface area contributed by atoms with E-state index in [4.69, 9.17) is 4.74 Å². The Labute approximate surface area is 177 Å². The van der Waals surface area contributed by atoms with Crippen molar-refractivity contribution in [1.82, 2.24) is 4.90 Å². The number of amides is 2. The zero-order chi connectivity index (χ0) is 21.7. The number of rotatable bonds is 8. The van der Waals surface area contributed by atoms with E-state index in [1.165, 1.54) is 6.92 Å². The Morgan fingerprint density at radius 2 is 1.77 bits per heavy atom. The molecule has 2 amide bonds. The number of anilines is 1. The number of ether oxygens (including phenoxy) is 1. The summed E-state index contributed by atoms with van der Waals surface area (Å²) >= 11 is 0. The van der Waals surface area contributed by atoms with Crippen LogP contribution in [0, 0.1) is 0 Å². The van der Waals surface area contributed by atoms with Gasteiger partial charge in [-0.25, -0.2) is 0 Å². The molecule has 2 aromatic rings. The summed E-state index contributed by atoms with van der Waals surface area (Å²) < 4.78 is 5.52. The summed E-state index contributed by atoms with van der Waals surface area (Å²) in [6.07, 6.45) is 1.81. The highest BCUT2D eigenvalue weighted by atomic mass is 16.5. The Hall–Kier alpha value is -3.15. The second kappa shape index (κ2) is 9.57. The van der Waals surface area contributed by atoms with E-state index in [0.717, 1.165) is 31.5 Å². The molecule has 158 valence electrons. The van der Waals surface area contributed by atoms with E-state index < -0.39 is 0 Å².